The maximum Gasteiger partial charge on any atom is 0.235 e. The quantitative estimate of drug-likeness (QED) is 0.846. The molecule has 0 spiro atoms. The van der Waals surface area contributed by atoms with E-state index in [1.54, 1.807) is 0 Å². The molecule has 1 rings (SSSR count). The van der Waals surface area contributed by atoms with Crippen molar-refractivity contribution in [2.45, 2.75) is 26.8 Å². The number of amides is 1. The molecule has 0 radical (unpaired) electrons. The van der Waals surface area contributed by atoms with Gasteiger partial charge in [0.2, 0.25) is 5.91 Å². The minimum absolute atomic E-state index is 0.0334. The summed E-state index contributed by atoms with van der Waals surface area (Å²) in [7, 11) is 0. The van der Waals surface area contributed by atoms with Crippen LogP contribution in [0.15, 0.2) is 24.3 Å². The normalized spacial score (nSPS) is 10.4. The lowest BCUT2D eigenvalue weighted by atomic mass is 10.2. The van der Waals surface area contributed by atoms with Gasteiger partial charge in [-0.2, -0.15) is 0 Å². The van der Waals surface area contributed by atoms with Crippen molar-refractivity contribution in [2.75, 3.05) is 22.1 Å². The summed E-state index contributed by atoms with van der Waals surface area (Å²) in [6.07, 6.45) is 0. The van der Waals surface area contributed by atoms with E-state index in [9.17, 15) is 4.79 Å². The van der Waals surface area contributed by atoms with E-state index in [2.05, 4.69) is 46.9 Å². The van der Waals surface area contributed by atoms with Crippen LogP contribution in [-0.2, 0) is 4.79 Å². The van der Waals surface area contributed by atoms with Crippen molar-refractivity contribution < 1.29 is 4.79 Å². The number of rotatable bonds is 5. The molecule has 1 amide bonds. The van der Waals surface area contributed by atoms with Gasteiger partial charge in [-0.15, -0.1) is 0 Å². The van der Waals surface area contributed by atoms with E-state index in [-0.39, 0.29) is 5.91 Å². The number of benzene rings is 1. The Kier molecular flexibility index (Phi) is 5.48. The molecule has 0 fully saturated rings. The smallest absolute Gasteiger partial charge is 0.235 e. The summed E-state index contributed by atoms with van der Waals surface area (Å²) in [5.74, 6) is -0.0334. The Hall–Kier alpha value is -1.03. The fourth-order valence-corrected chi connectivity index (χ4v) is 1.92. The lowest BCUT2D eigenvalue weighted by molar-refractivity contribution is -0.113. The van der Waals surface area contributed by atoms with Crippen molar-refractivity contribution >= 4 is 33.2 Å². The zero-order valence-electron chi connectivity index (χ0n) is 10.5. The average molecular weight is 299 g/mol. The number of halogens is 1. The molecule has 0 atom stereocenters. The number of hydrogen-bond acceptors (Lipinski definition) is 2. The fourth-order valence-electron chi connectivity index (χ4n) is 1.78. The minimum Gasteiger partial charge on any atom is -0.369 e. The number of nitrogens with one attached hydrogen (secondary N) is 1. The van der Waals surface area contributed by atoms with Crippen LogP contribution in [0, 0.1) is 0 Å². The van der Waals surface area contributed by atoms with Crippen LogP contribution in [0.1, 0.15) is 20.8 Å². The first-order valence-electron chi connectivity index (χ1n) is 5.81. The van der Waals surface area contributed by atoms with Crippen LogP contribution in [0.25, 0.3) is 0 Å². The highest BCUT2D eigenvalue weighted by Crippen LogP contribution is 2.19. The lowest BCUT2D eigenvalue weighted by Gasteiger charge is -2.27. The third kappa shape index (κ3) is 4.04. The molecule has 0 saturated heterocycles. The zero-order chi connectivity index (χ0) is 12.8. The Morgan fingerprint density at radius 1 is 1.35 bits per heavy atom. The summed E-state index contributed by atoms with van der Waals surface area (Å²) in [5.41, 5.74) is 2.01. The van der Waals surface area contributed by atoms with E-state index in [1.807, 2.05) is 24.3 Å². The van der Waals surface area contributed by atoms with Crippen LogP contribution in [0.5, 0.6) is 0 Å². The molecule has 0 unspecified atom stereocenters. The first-order valence-corrected chi connectivity index (χ1v) is 6.93. The number of alkyl halides is 1. The Balaban J connectivity index is 2.76. The van der Waals surface area contributed by atoms with Crippen LogP contribution in [0.4, 0.5) is 11.4 Å². The summed E-state index contributed by atoms with van der Waals surface area (Å²) in [4.78, 5) is 13.5. The Bertz CT molecular complexity index is 362. The molecular formula is C13H19BrN2O. The van der Waals surface area contributed by atoms with Crippen LogP contribution in [0.3, 0.4) is 0 Å². The summed E-state index contributed by atoms with van der Waals surface area (Å²) in [6.45, 7) is 7.46. The minimum atomic E-state index is -0.0334. The van der Waals surface area contributed by atoms with Gasteiger partial charge < -0.3 is 10.2 Å². The SMILES string of the molecule is CCN(c1ccc(NC(=O)CBr)cc1)C(C)C. The molecule has 0 heterocycles. The highest BCUT2D eigenvalue weighted by atomic mass is 79.9. The van der Waals surface area contributed by atoms with Crippen LogP contribution in [0.2, 0.25) is 0 Å². The molecular weight excluding hydrogens is 280 g/mol. The van der Waals surface area contributed by atoms with Crippen molar-refractivity contribution in [3.8, 4) is 0 Å². The number of carbonyl (C=O) groups is 1. The molecule has 0 saturated carbocycles. The van der Waals surface area contributed by atoms with E-state index in [4.69, 9.17) is 0 Å². The zero-order valence-corrected chi connectivity index (χ0v) is 12.1. The van der Waals surface area contributed by atoms with Crippen LogP contribution < -0.4 is 10.2 Å². The molecule has 0 aliphatic rings. The molecule has 0 bridgehead atoms. The van der Waals surface area contributed by atoms with Gasteiger partial charge in [-0.05, 0) is 45.0 Å². The molecule has 1 aromatic carbocycles. The summed E-state index contributed by atoms with van der Waals surface area (Å²) < 4.78 is 0. The van der Waals surface area contributed by atoms with E-state index in [0.29, 0.717) is 11.4 Å². The molecule has 0 aliphatic heterocycles. The second kappa shape index (κ2) is 6.64. The van der Waals surface area contributed by atoms with Gasteiger partial charge >= 0.3 is 0 Å². The average Bonchev–Trinajstić information content (AvgIpc) is 2.31. The van der Waals surface area contributed by atoms with Gasteiger partial charge in [0.05, 0.1) is 5.33 Å². The van der Waals surface area contributed by atoms with Gasteiger partial charge in [0.1, 0.15) is 0 Å². The molecule has 1 aromatic rings. The second-order valence-corrected chi connectivity index (χ2v) is 4.67. The van der Waals surface area contributed by atoms with Crippen molar-refractivity contribution in [2.24, 2.45) is 0 Å². The van der Waals surface area contributed by atoms with E-state index in [1.165, 1.54) is 5.69 Å². The van der Waals surface area contributed by atoms with Crippen LogP contribution >= 0.6 is 15.9 Å². The van der Waals surface area contributed by atoms with Gasteiger partial charge in [0.15, 0.2) is 0 Å². The molecule has 17 heavy (non-hydrogen) atoms. The number of hydrogen-bond donors (Lipinski definition) is 1. The number of carbonyl (C=O) groups excluding carboxylic acids is 1. The molecule has 0 aliphatic carbocycles. The Morgan fingerprint density at radius 3 is 2.35 bits per heavy atom. The van der Waals surface area contributed by atoms with Gasteiger partial charge in [-0.1, -0.05) is 15.9 Å². The topological polar surface area (TPSA) is 32.3 Å². The van der Waals surface area contributed by atoms with Crippen LogP contribution in [-0.4, -0.2) is 23.8 Å². The Morgan fingerprint density at radius 2 is 1.94 bits per heavy atom. The van der Waals surface area contributed by atoms with Crippen molar-refractivity contribution in [3.05, 3.63) is 24.3 Å². The molecule has 0 aromatic heterocycles. The van der Waals surface area contributed by atoms with E-state index in [0.717, 1.165) is 12.2 Å². The van der Waals surface area contributed by atoms with Crippen molar-refractivity contribution in [1.82, 2.24) is 0 Å². The first kappa shape index (κ1) is 14.0. The third-order valence-corrected chi connectivity index (χ3v) is 3.08. The van der Waals surface area contributed by atoms with Crippen molar-refractivity contribution in [1.29, 1.82) is 0 Å². The van der Waals surface area contributed by atoms with Gasteiger partial charge in [0.25, 0.3) is 0 Å². The fraction of sp³-hybridized carbons (Fsp3) is 0.462. The molecule has 3 nitrogen and oxygen atoms in total. The molecule has 94 valence electrons. The summed E-state index contributed by atoms with van der Waals surface area (Å²) >= 11 is 3.12. The first-order chi connectivity index (χ1) is 8.08. The highest BCUT2D eigenvalue weighted by Gasteiger charge is 2.08. The maximum absolute atomic E-state index is 11.2. The van der Waals surface area contributed by atoms with Crippen molar-refractivity contribution in [3.63, 3.8) is 0 Å². The van der Waals surface area contributed by atoms with Gasteiger partial charge in [-0.3, -0.25) is 4.79 Å². The second-order valence-electron chi connectivity index (χ2n) is 4.11. The highest BCUT2D eigenvalue weighted by molar-refractivity contribution is 9.09. The predicted octanol–water partition coefficient (Wildman–Crippen LogP) is 3.25. The summed E-state index contributed by atoms with van der Waals surface area (Å²) in [5, 5.41) is 3.12. The molecule has 4 heteroatoms. The lowest BCUT2D eigenvalue weighted by Crippen LogP contribution is -2.30. The van der Waals surface area contributed by atoms with E-state index >= 15 is 0 Å². The van der Waals surface area contributed by atoms with E-state index < -0.39 is 0 Å². The predicted molar refractivity (Wildman–Crippen MR) is 77.0 cm³/mol. The Labute approximate surface area is 111 Å². The van der Waals surface area contributed by atoms with Gasteiger partial charge in [-0.25, -0.2) is 0 Å². The maximum atomic E-state index is 11.2. The third-order valence-electron chi connectivity index (χ3n) is 2.57. The standard InChI is InChI=1S/C13H19BrN2O/c1-4-16(10(2)3)12-7-5-11(6-8-12)15-13(17)9-14/h5-8,10H,4,9H2,1-3H3,(H,15,17). The number of anilines is 2. The van der Waals surface area contributed by atoms with Gasteiger partial charge in [0, 0.05) is 24.0 Å². The summed E-state index contributed by atoms with van der Waals surface area (Å²) in [6, 6.07) is 8.41. The number of nitrogens with zero attached hydrogens (tertiary/aromatic N) is 1. The largest absolute Gasteiger partial charge is 0.369 e. The molecule has 1 N–H and O–H groups in total. The monoisotopic (exact) mass is 298 g/mol.